The van der Waals surface area contributed by atoms with Crippen molar-refractivity contribution in [1.82, 2.24) is 0 Å². The van der Waals surface area contributed by atoms with Crippen LogP contribution in [0, 0.1) is 12.5 Å². The average molecular weight is 166 g/mol. The average Bonchev–Trinajstić information content (AvgIpc) is 2.53. The third-order valence-electron chi connectivity index (χ3n) is 1.05. The summed E-state index contributed by atoms with van der Waals surface area (Å²) in [6.07, 6.45) is 6.94. The Hall–Kier alpha value is -1.89. The number of hydrogen-bond acceptors (Lipinski definition) is 4. The first-order valence-corrected chi connectivity index (χ1v) is 3.14. The minimum absolute atomic E-state index is 0.0213. The van der Waals surface area contributed by atoms with Crippen molar-refractivity contribution in [1.29, 1.82) is 0 Å². The van der Waals surface area contributed by atoms with Crippen molar-refractivity contribution in [3.05, 3.63) is 24.2 Å². The minimum atomic E-state index is -0.908. The van der Waals surface area contributed by atoms with Gasteiger partial charge in [0, 0.05) is 0 Å². The van der Waals surface area contributed by atoms with Crippen LogP contribution in [-0.4, -0.2) is 6.16 Å². The number of terminal acetylenes is 1. The predicted molar refractivity (Wildman–Crippen MR) is 38.8 cm³/mol. The minimum Gasteiger partial charge on any atom is -0.466 e. The Balaban J connectivity index is 2.28. The maximum Gasteiger partial charge on any atom is 0.523 e. The van der Waals surface area contributed by atoms with Gasteiger partial charge in [-0.05, 0) is 12.1 Å². The van der Waals surface area contributed by atoms with E-state index in [-0.39, 0.29) is 6.61 Å². The second kappa shape index (κ2) is 4.09. The van der Waals surface area contributed by atoms with Crippen LogP contribution in [0.1, 0.15) is 5.76 Å². The SMILES string of the molecule is C#COC(=O)OCc1ccco1. The molecule has 0 aromatic carbocycles. The van der Waals surface area contributed by atoms with Crippen LogP contribution in [-0.2, 0) is 16.1 Å². The second-order valence-corrected chi connectivity index (χ2v) is 1.84. The first-order chi connectivity index (χ1) is 5.83. The Bertz CT molecular complexity index is 281. The summed E-state index contributed by atoms with van der Waals surface area (Å²) in [5.74, 6) is 0.531. The van der Waals surface area contributed by atoms with Crippen LogP contribution in [0.4, 0.5) is 4.79 Å². The van der Waals surface area contributed by atoms with Gasteiger partial charge in [0.15, 0.2) is 6.61 Å². The Morgan fingerprint density at radius 3 is 3.17 bits per heavy atom. The molecule has 4 nitrogen and oxygen atoms in total. The molecule has 1 heterocycles. The van der Waals surface area contributed by atoms with E-state index in [1.165, 1.54) is 6.26 Å². The predicted octanol–water partition coefficient (Wildman–Crippen LogP) is 1.52. The van der Waals surface area contributed by atoms with Gasteiger partial charge in [0.05, 0.1) is 6.26 Å². The summed E-state index contributed by atoms with van der Waals surface area (Å²) in [5, 5.41) is 0. The lowest BCUT2D eigenvalue weighted by Crippen LogP contribution is -2.02. The zero-order valence-electron chi connectivity index (χ0n) is 6.15. The van der Waals surface area contributed by atoms with Crippen LogP contribution >= 0.6 is 0 Å². The van der Waals surface area contributed by atoms with E-state index in [1.54, 1.807) is 18.2 Å². The fourth-order valence-electron chi connectivity index (χ4n) is 0.602. The second-order valence-electron chi connectivity index (χ2n) is 1.84. The molecule has 62 valence electrons. The highest BCUT2D eigenvalue weighted by atomic mass is 16.7. The van der Waals surface area contributed by atoms with E-state index in [0.29, 0.717) is 5.76 Å². The molecule has 0 unspecified atom stereocenters. The van der Waals surface area contributed by atoms with Gasteiger partial charge in [-0.3, -0.25) is 0 Å². The summed E-state index contributed by atoms with van der Waals surface area (Å²) in [5.41, 5.74) is 0. The summed E-state index contributed by atoms with van der Waals surface area (Å²) in [6, 6.07) is 3.36. The van der Waals surface area contributed by atoms with E-state index < -0.39 is 6.16 Å². The molecular formula is C8H6O4. The van der Waals surface area contributed by atoms with Gasteiger partial charge < -0.3 is 13.9 Å². The molecule has 0 fully saturated rings. The molecule has 0 aliphatic heterocycles. The first-order valence-electron chi connectivity index (χ1n) is 3.14. The monoisotopic (exact) mass is 166 g/mol. The lowest BCUT2D eigenvalue weighted by molar-refractivity contribution is 0.0781. The quantitative estimate of drug-likeness (QED) is 0.493. The Morgan fingerprint density at radius 2 is 2.58 bits per heavy atom. The van der Waals surface area contributed by atoms with Crippen LogP contribution in [0.25, 0.3) is 0 Å². The zero-order chi connectivity index (χ0) is 8.81. The lowest BCUT2D eigenvalue weighted by Gasteiger charge is -1.97. The van der Waals surface area contributed by atoms with Crippen molar-refractivity contribution in [3.63, 3.8) is 0 Å². The molecule has 1 aromatic rings. The molecule has 1 rings (SSSR count). The van der Waals surface area contributed by atoms with Gasteiger partial charge in [-0.2, -0.15) is 0 Å². The van der Waals surface area contributed by atoms with E-state index in [4.69, 9.17) is 4.42 Å². The van der Waals surface area contributed by atoms with Crippen LogP contribution in [0.5, 0.6) is 0 Å². The lowest BCUT2D eigenvalue weighted by atomic mass is 10.5. The van der Waals surface area contributed by atoms with E-state index in [0.717, 1.165) is 0 Å². The van der Waals surface area contributed by atoms with Crippen molar-refractivity contribution >= 4 is 6.16 Å². The molecule has 0 radical (unpaired) electrons. The van der Waals surface area contributed by atoms with Crippen LogP contribution in [0.15, 0.2) is 22.8 Å². The van der Waals surface area contributed by atoms with Crippen LogP contribution in [0.2, 0.25) is 0 Å². The number of carbonyl (C=O) groups excluding carboxylic acids is 1. The maximum absolute atomic E-state index is 10.5. The summed E-state index contributed by atoms with van der Waals surface area (Å²) in [7, 11) is 0. The van der Waals surface area contributed by atoms with Gasteiger partial charge in [0.1, 0.15) is 11.9 Å². The van der Waals surface area contributed by atoms with Gasteiger partial charge in [0.2, 0.25) is 0 Å². The fourth-order valence-corrected chi connectivity index (χ4v) is 0.602. The normalized spacial score (nSPS) is 8.58. The standard InChI is InChI=1S/C8H6O4/c1-2-10-8(9)12-6-7-4-3-5-11-7/h1,3-5H,6H2. The molecule has 0 aliphatic rings. The van der Waals surface area contributed by atoms with E-state index in [9.17, 15) is 4.79 Å². The third kappa shape index (κ3) is 2.39. The highest BCUT2D eigenvalue weighted by Gasteiger charge is 2.03. The first kappa shape index (κ1) is 8.21. The fraction of sp³-hybridized carbons (Fsp3) is 0.125. The molecule has 0 amide bonds. The van der Waals surface area contributed by atoms with Crippen molar-refractivity contribution in [2.75, 3.05) is 0 Å². The number of rotatable bonds is 2. The number of furan rings is 1. The van der Waals surface area contributed by atoms with E-state index in [1.807, 2.05) is 0 Å². The van der Waals surface area contributed by atoms with Crippen molar-refractivity contribution in [2.45, 2.75) is 6.61 Å². The highest BCUT2D eigenvalue weighted by molar-refractivity contribution is 5.61. The third-order valence-corrected chi connectivity index (χ3v) is 1.05. The topological polar surface area (TPSA) is 48.7 Å². The zero-order valence-corrected chi connectivity index (χ0v) is 6.15. The van der Waals surface area contributed by atoms with Gasteiger partial charge >= 0.3 is 6.16 Å². The molecule has 4 heteroatoms. The molecule has 0 atom stereocenters. The van der Waals surface area contributed by atoms with Crippen molar-refractivity contribution in [3.8, 4) is 12.5 Å². The molecule has 1 aromatic heterocycles. The van der Waals surface area contributed by atoms with Crippen LogP contribution < -0.4 is 0 Å². The smallest absolute Gasteiger partial charge is 0.466 e. The summed E-state index contributed by atoms with van der Waals surface area (Å²) < 4.78 is 13.5. The number of hydrogen-bond donors (Lipinski definition) is 0. The molecule has 0 N–H and O–H groups in total. The number of ether oxygens (including phenoxy) is 2. The van der Waals surface area contributed by atoms with E-state index in [2.05, 4.69) is 15.9 Å². The van der Waals surface area contributed by atoms with Crippen molar-refractivity contribution < 1.29 is 18.7 Å². The van der Waals surface area contributed by atoms with Gasteiger partial charge in [-0.25, -0.2) is 4.79 Å². The van der Waals surface area contributed by atoms with E-state index >= 15 is 0 Å². The Kier molecular flexibility index (Phi) is 2.79. The molecule has 0 spiro atoms. The molecule has 12 heavy (non-hydrogen) atoms. The summed E-state index contributed by atoms with van der Waals surface area (Å²) >= 11 is 0. The number of carbonyl (C=O) groups is 1. The largest absolute Gasteiger partial charge is 0.523 e. The summed E-state index contributed by atoms with van der Waals surface area (Å²) in [6.45, 7) is 0.0213. The molecule has 0 saturated heterocycles. The van der Waals surface area contributed by atoms with Gasteiger partial charge in [0.25, 0.3) is 0 Å². The van der Waals surface area contributed by atoms with Gasteiger partial charge in [-0.1, -0.05) is 6.42 Å². The highest BCUT2D eigenvalue weighted by Crippen LogP contribution is 2.02. The molecular weight excluding hydrogens is 160 g/mol. The molecule has 0 bridgehead atoms. The maximum atomic E-state index is 10.5. The van der Waals surface area contributed by atoms with Crippen LogP contribution in [0.3, 0.4) is 0 Å². The molecule has 0 saturated carbocycles. The summed E-state index contributed by atoms with van der Waals surface area (Å²) in [4.78, 5) is 10.5. The Morgan fingerprint density at radius 1 is 1.75 bits per heavy atom. The Labute approximate surface area is 69.1 Å². The molecule has 0 aliphatic carbocycles. The van der Waals surface area contributed by atoms with Gasteiger partial charge in [-0.15, -0.1) is 0 Å². The van der Waals surface area contributed by atoms with Crippen molar-refractivity contribution in [2.24, 2.45) is 0 Å².